The zero-order chi connectivity index (χ0) is 17.7. The number of rotatable bonds is 5. The number of aryl methyl sites for hydroxylation is 1. The van der Waals surface area contributed by atoms with Crippen LogP contribution in [0.25, 0.3) is 0 Å². The molecule has 0 atom stereocenters. The number of pyridine rings is 1. The van der Waals surface area contributed by atoms with Crippen LogP contribution in [-0.4, -0.2) is 22.4 Å². The summed E-state index contributed by atoms with van der Waals surface area (Å²) in [6, 6.07) is 9.45. The van der Waals surface area contributed by atoms with Crippen molar-refractivity contribution in [2.45, 2.75) is 25.7 Å². The summed E-state index contributed by atoms with van der Waals surface area (Å²) in [7, 11) is 1.58. The summed E-state index contributed by atoms with van der Waals surface area (Å²) in [6.45, 7) is 0.469. The molecule has 128 valence electrons. The van der Waals surface area contributed by atoms with Gasteiger partial charge in [-0.2, -0.15) is 13.2 Å². The Morgan fingerprint density at radius 3 is 2.38 bits per heavy atom. The quantitative estimate of drug-likeness (QED) is 0.841. The lowest BCUT2D eigenvalue weighted by Gasteiger charge is -2.18. The van der Waals surface area contributed by atoms with Gasteiger partial charge in [-0.25, -0.2) is 0 Å². The van der Waals surface area contributed by atoms with Crippen LogP contribution in [0.1, 0.15) is 17.5 Å². The molecular weight excluding hydrogens is 321 g/mol. The fourth-order valence-electron chi connectivity index (χ4n) is 2.21. The Labute approximate surface area is 137 Å². The number of nitrogens with zero attached hydrogens (tertiary/aromatic N) is 2. The zero-order valence-corrected chi connectivity index (χ0v) is 13.1. The van der Waals surface area contributed by atoms with Crippen molar-refractivity contribution in [2.75, 3.05) is 7.05 Å². The molecule has 0 aliphatic carbocycles. The third-order valence-electron chi connectivity index (χ3n) is 3.59. The molecule has 1 amide bonds. The van der Waals surface area contributed by atoms with Gasteiger partial charge in [0.05, 0.1) is 5.56 Å². The molecule has 1 aromatic carbocycles. The minimum atomic E-state index is -4.37. The minimum absolute atomic E-state index is 0.140. The predicted molar refractivity (Wildman–Crippen MR) is 83.2 cm³/mol. The Hall–Kier alpha value is -2.57. The van der Waals surface area contributed by atoms with Crippen LogP contribution in [0.3, 0.4) is 0 Å². The van der Waals surface area contributed by atoms with Gasteiger partial charge in [0.2, 0.25) is 5.91 Å². The highest BCUT2D eigenvalue weighted by molar-refractivity contribution is 5.75. The van der Waals surface area contributed by atoms with Gasteiger partial charge in [-0.15, -0.1) is 0 Å². The summed E-state index contributed by atoms with van der Waals surface area (Å²) in [5.41, 5.74) is -0.296. The fraction of sp³-hybridized carbons (Fsp3) is 0.294. The number of aromatic nitrogens is 1. The first kappa shape index (κ1) is 17.8. The summed E-state index contributed by atoms with van der Waals surface area (Å²) in [5, 5.41) is 0. The van der Waals surface area contributed by atoms with Crippen molar-refractivity contribution < 1.29 is 18.0 Å². The summed E-state index contributed by atoms with van der Waals surface area (Å²) < 4.78 is 39.0. The summed E-state index contributed by atoms with van der Waals surface area (Å²) in [5.74, 6) is -0.189. The number of halogens is 3. The smallest absolute Gasteiger partial charge is 0.341 e. The standard InChI is InChI=1S/C17H17F3N2O2/c1-21(12-13-5-7-14(8-6-13)17(18,19)20)15(23)9-11-22-10-3-2-4-16(22)24/h2-8,10H,9,11-12H2,1H3. The molecule has 0 saturated carbocycles. The second-order valence-electron chi connectivity index (χ2n) is 5.43. The summed E-state index contributed by atoms with van der Waals surface area (Å²) in [6.07, 6.45) is -2.63. The maximum absolute atomic E-state index is 12.5. The van der Waals surface area contributed by atoms with Crippen molar-refractivity contribution in [3.05, 3.63) is 70.1 Å². The average molecular weight is 338 g/mol. The lowest BCUT2D eigenvalue weighted by atomic mass is 10.1. The lowest BCUT2D eigenvalue weighted by Crippen LogP contribution is -2.28. The summed E-state index contributed by atoms with van der Waals surface area (Å²) in [4.78, 5) is 25.1. The van der Waals surface area contributed by atoms with Crippen molar-refractivity contribution >= 4 is 5.91 Å². The van der Waals surface area contributed by atoms with E-state index in [1.54, 1.807) is 25.4 Å². The monoisotopic (exact) mass is 338 g/mol. The number of amides is 1. The van der Waals surface area contributed by atoms with Gasteiger partial charge in [-0.1, -0.05) is 18.2 Å². The van der Waals surface area contributed by atoms with E-state index in [1.807, 2.05) is 0 Å². The van der Waals surface area contributed by atoms with Crippen LogP contribution in [0.2, 0.25) is 0 Å². The predicted octanol–water partition coefficient (Wildman–Crippen LogP) is 2.92. The van der Waals surface area contributed by atoms with Gasteiger partial charge in [-0.05, 0) is 23.8 Å². The van der Waals surface area contributed by atoms with Gasteiger partial charge < -0.3 is 9.47 Å². The van der Waals surface area contributed by atoms with Gasteiger partial charge in [0.1, 0.15) is 0 Å². The molecule has 0 aliphatic rings. The molecule has 0 unspecified atom stereocenters. The maximum atomic E-state index is 12.5. The average Bonchev–Trinajstić information content (AvgIpc) is 2.53. The Morgan fingerprint density at radius 2 is 1.79 bits per heavy atom. The van der Waals surface area contributed by atoms with Gasteiger partial charge in [0.25, 0.3) is 5.56 Å². The van der Waals surface area contributed by atoms with Gasteiger partial charge in [0, 0.05) is 38.8 Å². The highest BCUT2D eigenvalue weighted by Gasteiger charge is 2.29. The fourth-order valence-corrected chi connectivity index (χ4v) is 2.21. The molecule has 0 fully saturated rings. The Morgan fingerprint density at radius 1 is 1.12 bits per heavy atom. The molecule has 4 nitrogen and oxygen atoms in total. The molecule has 24 heavy (non-hydrogen) atoms. The Kier molecular flexibility index (Phi) is 5.43. The van der Waals surface area contributed by atoms with Crippen molar-refractivity contribution in [3.63, 3.8) is 0 Å². The van der Waals surface area contributed by atoms with Crippen LogP contribution in [0.5, 0.6) is 0 Å². The number of hydrogen-bond acceptors (Lipinski definition) is 2. The lowest BCUT2D eigenvalue weighted by molar-refractivity contribution is -0.137. The first-order valence-electron chi connectivity index (χ1n) is 7.33. The molecule has 0 N–H and O–H groups in total. The van der Waals surface area contributed by atoms with Crippen LogP contribution in [0.15, 0.2) is 53.5 Å². The van der Waals surface area contributed by atoms with Crippen LogP contribution in [0, 0.1) is 0 Å². The van der Waals surface area contributed by atoms with E-state index in [-0.39, 0.29) is 31.0 Å². The number of hydrogen-bond donors (Lipinski definition) is 0. The molecule has 1 heterocycles. The zero-order valence-electron chi connectivity index (χ0n) is 13.1. The number of carbonyl (C=O) groups is 1. The molecule has 0 spiro atoms. The SMILES string of the molecule is CN(Cc1ccc(C(F)(F)F)cc1)C(=O)CCn1ccccc1=O. The first-order valence-corrected chi connectivity index (χ1v) is 7.33. The van der Waals surface area contributed by atoms with Gasteiger partial charge in [0.15, 0.2) is 0 Å². The Bertz CT molecular complexity index is 751. The minimum Gasteiger partial charge on any atom is -0.341 e. The van der Waals surface area contributed by atoms with Crippen LogP contribution >= 0.6 is 0 Å². The van der Waals surface area contributed by atoms with Crippen LogP contribution in [-0.2, 0) is 24.1 Å². The molecule has 2 rings (SSSR count). The van der Waals surface area contributed by atoms with Gasteiger partial charge in [-0.3, -0.25) is 9.59 Å². The highest BCUT2D eigenvalue weighted by Crippen LogP contribution is 2.29. The van der Waals surface area contributed by atoms with Crippen molar-refractivity contribution in [2.24, 2.45) is 0 Å². The third-order valence-corrected chi connectivity index (χ3v) is 3.59. The molecule has 1 aromatic heterocycles. The largest absolute Gasteiger partial charge is 0.416 e. The number of carbonyl (C=O) groups excluding carboxylic acids is 1. The normalized spacial score (nSPS) is 11.3. The van der Waals surface area contributed by atoms with Crippen molar-refractivity contribution in [3.8, 4) is 0 Å². The molecule has 0 saturated heterocycles. The Balaban J connectivity index is 1.92. The van der Waals surface area contributed by atoms with E-state index in [2.05, 4.69) is 0 Å². The van der Waals surface area contributed by atoms with E-state index in [9.17, 15) is 22.8 Å². The van der Waals surface area contributed by atoms with E-state index in [0.29, 0.717) is 5.56 Å². The van der Waals surface area contributed by atoms with E-state index < -0.39 is 11.7 Å². The molecule has 0 aliphatic heterocycles. The molecule has 7 heteroatoms. The molecule has 2 aromatic rings. The highest BCUT2D eigenvalue weighted by atomic mass is 19.4. The number of alkyl halides is 3. The van der Waals surface area contributed by atoms with E-state index in [1.165, 1.54) is 27.7 Å². The van der Waals surface area contributed by atoms with Gasteiger partial charge >= 0.3 is 6.18 Å². The van der Waals surface area contributed by atoms with Crippen LogP contribution in [0.4, 0.5) is 13.2 Å². The van der Waals surface area contributed by atoms with Crippen molar-refractivity contribution in [1.29, 1.82) is 0 Å². The second kappa shape index (κ2) is 7.33. The van der Waals surface area contributed by atoms with Crippen LogP contribution < -0.4 is 5.56 Å². The van der Waals surface area contributed by atoms with E-state index >= 15 is 0 Å². The first-order chi connectivity index (χ1) is 11.3. The van der Waals surface area contributed by atoms with Crippen molar-refractivity contribution in [1.82, 2.24) is 9.47 Å². The number of benzene rings is 1. The van der Waals surface area contributed by atoms with E-state index in [4.69, 9.17) is 0 Å². The molecule has 0 bridgehead atoms. The third kappa shape index (κ3) is 4.71. The second-order valence-corrected chi connectivity index (χ2v) is 5.43. The van der Waals surface area contributed by atoms with E-state index in [0.717, 1.165) is 12.1 Å². The summed E-state index contributed by atoms with van der Waals surface area (Å²) >= 11 is 0. The maximum Gasteiger partial charge on any atom is 0.416 e. The topological polar surface area (TPSA) is 42.3 Å². The molecular formula is C17H17F3N2O2. The molecule has 0 radical (unpaired) electrons.